The standard InChI is InChI=1S/C26H39NO8/c1-7-9-23(28)34-21-12-11-19(14-22(21)35-24(29)10-8-2)13-20(27)26(31)32-15-17(5)33-25(30)18(6)16(3)4/h11-12,14,16-18,20H,7-10,13,15,27H2,1-6H3/t17-,18?,20-/m0/s1. The van der Waals surface area contributed by atoms with Crippen LogP contribution in [0.2, 0.25) is 0 Å². The second kappa shape index (κ2) is 15.1. The van der Waals surface area contributed by atoms with Gasteiger partial charge in [-0.15, -0.1) is 0 Å². The van der Waals surface area contributed by atoms with E-state index < -0.39 is 30.1 Å². The van der Waals surface area contributed by atoms with E-state index in [2.05, 4.69) is 0 Å². The van der Waals surface area contributed by atoms with Crippen molar-refractivity contribution in [2.75, 3.05) is 6.61 Å². The summed E-state index contributed by atoms with van der Waals surface area (Å²) in [6.45, 7) is 10.8. The number of carbonyl (C=O) groups excluding carboxylic acids is 4. The molecule has 0 aliphatic heterocycles. The summed E-state index contributed by atoms with van der Waals surface area (Å²) in [6.07, 6.45) is 1.14. The zero-order valence-corrected chi connectivity index (χ0v) is 21.6. The molecule has 9 heteroatoms. The van der Waals surface area contributed by atoms with Gasteiger partial charge in [-0.05, 0) is 49.8 Å². The molecule has 0 fully saturated rings. The molecule has 0 aromatic heterocycles. The maximum Gasteiger partial charge on any atom is 0.323 e. The lowest BCUT2D eigenvalue weighted by Gasteiger charge is -2.19. The van der Waals surface area contributed by atoms with Crippen molar-refractivity contribution in [1.82, 2.24) is 0 Å². The minimum absolute atomic E-state index is 0.0887. The smallest absolute Gasteiger partial charge is 0.323 e. The summed E-state index contributed by atoms with van der Waals surface area (Å²) in [6, 6.07) is 3.66. The fourth-order valence-electron chi connectivity index (χ4n) is 2.85. The highest BCUT2D eigenvalue weighted by Gasteiger charge is 2.23. The number of esters is 4. The van der Waals surface area contributed by atoms with Crippen molar-refractivity contribution < 1.29 is 38.1 Å². The van der Waals surface area contributed by atoms with Crippen molar-refractivity contribution in [2.45, 2.75) is 85.8 Å². The van der Waals surface area contributed by atoms with Crippen LogP contribution in [0.15, 0.2) is 18.2 Å². The Morgan fingerprint density at radius 2 is 1.43 bits per heavy atom. The first kappa shape index (κ1) is 30.1. The monoisotopic (exact) mass is 493 g/mol. The van der Waals surface area contributed by atoms with Crippen LogP contribution in [0.1, 0.15) is 72.8 Å². The third kappa shape index (κ3) is 10.9. The molecule has 0 aliphatic rings. The van der Waals surface area contributed by atoms with E-state index in [1.165, 1.54) is 12.1 Å². The fourth-order valence-corrected chi connectivity index (χ4v) is 2.85. The molecule has 1 unspecified atom stereocenters. The van der Waals surface area contributed by atoms with Crippen LogP contribution in [0, 0.1) is 11.8 Å². The van der Waals surface area contributed by atoms with Gasteiger partial charge in [-0.3, -0.25) is 19.2 Å². The normalized spacial score (nSPS) is 13.5. The topological polar surface area (TPSA) is 131 Å². The number of carbonyl (C=O) groups is 4. The Morgan fingerprint density at radius 3 is 1.97 bits per heavy atom. The van der Waals surface area contributed by atoms with Gasteiger partial charge in [0.15, 0.2) is 11.5 Å². The predicted octanol–water partition coefficient (Wildman–Crippen LogP) is 3.73. The van der Waals surface area contributed by atoms with Gasteiger partial charge in [0, 0.05) is 12.8 Å². The van der Waals surface area contributed by atoms with Gasteiger partial charge >= 0.3 is 23.9 Å². The Bertz CT molecular complexity index is 867. The van der Waals surface area contributed by atoms with E-state index in [9.17, 15) is 19.2 Å². The molecular formula is C26H39NO8. The van der Waals surface area contributed by atoms with Crippen molar-refractivity contribution in [3.8, 4) is 11.5 Å². The maximum absolute atomic E-state index is 12.4. The first-order valence-electron chi connectivity index (χ1n) is 12.1. The SMILES string of the molecule is CCCC(=O)Oc1ccc(C[C@H](N)C(=O)OC[C@H](C)OC(=O)C(C)C(C)C)cc1OC(=O)CCC. The van der Waals surface area contributed by atoms with Crippen LogP contribution in [0.5, 0.6) is 11.5 Å². The summed E-state index contributed by atoms with van der Waals surface area (Å²) < 4.78 is 21.2. The zero-order chi connectivity index (χ0) is 26.5. The van der Waals surface area contributed by atoms with E-state index in [0.717, 1.165) is 0 Å². The molecule has 35 heavy (non-hydrogen) atoms. The van der Waals surface area contributed by atoms with E-state index in [0.29, 0.717) is 18.4 Å². The summed E-state index contributed by atoms with van der Waals surface area (Å²) in [5, 5.41) is 0. The number of hydrogen-bond acceptors (Lipinski definition) is 9. The molecule has 1 aromatic carbocycles. The number of nitrogens with two attached hydrogens (primary N) is 1. The van der Waals surface area contributed by atoms with Crippen LogP contribution >= 0.6 is 0 Å². The van der Waals surface area contributed by atoms with Gasteiger partial charge in [0.05, 0.1) is 5.92 Å². The molecule has 2 N–H and O–H groups in total. The summed E-state index contributed by atoms with van der Waals surface area (Å²) in [5.41, 5.74) is 6.60. The average Bonchev–Trinajstić information content (AvgIpc) is 2.78. The summed E-state index contributed by atoms with van der Waals surface area (Å²) in [7, 11) is 0. The van der Waals surface area contributed by atoms with Crippen LogP contribution in [-0.4, -0.2) is 42.6 Å². The van der Waals surface area contributed by atoms with Gasteiger partial charge in [0.2, 0.25) is 0 Å². The Balaban J connectivity index is 2.79. The highest BCUT2D eigenvalue weighted by molar-refractivity contribution is 5.77. The molecule has 0 aliphatic carbocycles. The molecule has 0 spiro atoms. The molecule has 1 aromatic rings. The third-order valence-electron chi connectivity index (χ3n) is 5.27. The molecule has 0 bridgehead atoms. The third-order valence-corrected chi connectivity index (χ3v) is 5.27. The van der Waals surface area contributed by atoms with Crippen molar-refractivity contribution >= 4 is 23.9 Å². The van der Waals surface area contributed by atoms with Crippen LogP contribution in [0.3, 0.4) is 0 Å². The van der Waals surface area contributed by atoms with Crippen molar-refractivity contribution in [1.29, 1.82) is 0 Å². The first-order chi connectivity index (χ1) is 16.5. The largest absolute Gasteiger partial charge is 0.461 e. The maximum atomic E-state index is 12.4. The Hall–Kier alpha value is -2.94. The fraction of sp³-hybridized carbons (Fsp3) is 0.615. The lowest BCUT2D eigenvalue weighted by Crippen LogP contribution is -2.36. The Labute approximate surface area is 207 Å². The number of rotatable bonds is 14. The summed E-state index contributed by atoms with van der Waals surface area (Å²) in [5.74, 6) is -1.82. The van der Waals surface area contributed by atoms with E-state index in [1.807, 2.05) is 27.7 Å². The molecule has 0 radical (unpaired) electrons. The summed E-state index contributed by atoms with van der Waals surface area (Å²) >= 11 is 0. The van der Waals surface area contributed by atoms with Crippen LogP contribution < -0.4 is 15.2 Å². The van der Waals surface area contributed by atoms with Gasteiger partial charge < -0.3 is 24.7 Å². The minimum Gasteiger partial charge on any atom is -0.461 e. The molecular weight excluding hydrogens is 454 g/mol. The van der Waals surface area contributed by atoms with Crippen molar-refractivity contribution in [2.24, 2.45) is 17.6 Å². The molecule has 1 rings (SSSR count). The highest BCUT2D eigenvalue weighted by atomic mass is 16.6. The highest BCUT2D eigenvalue weighted by Crippen LogP contribution is 2.30. The number of hydrogen-bond donors (Lipinski definition) is 1. The van der Waals surface area contributed by atoms with Gasteiger partial charge in [0.1, 0.15) is 18.8 Å². The molecule has 9 nitrogen and oxygen atoms in total. The lowest BCUT2D eigenvalue weighted by molar-refractivity contribution is -0.162. The Morgan fingerprint density at radius 1 is 0.857 bits per heavy atom. The second-order valence-corrected chi connectivity index (χ2v) is 8.95. The molecule has 0 saturated carbocycles. The number of ether oxygens (including phenoxy) is 4. The molecule has 0 amide bonds. The van der Waals surface area contributed by atoms with Gasteiger partial charge in [-0.2, -0.15) is 0 Å². The predicted molar refractivity (Wildman–Crippen MR) is 130 cm³/mol. The number of benzene rings is 1. The van der Waals surface area contributed by atoms with Crippen molar-refractivity contribution in [3.05, 3.63) is 23.8 Å². The van der Waals surface area contributed by atoms with Crippen LogP contribution in [0.4, 0.5) is 0 Å². The average molecular weight is 494 g/mol. The zero-order valence-electron chi connectivity index (χ0n) is 21.6. The van der Waals surface area contributed by atoms with Crippen molar-refractivity contribution in [3.63, 3.8) is 0 Å². The second-order valence-electron chi connectivity index (χ2n) is 8.95. The van der Waals surface area contributed by atoms with E-state index in [4.69, 9.17) is 24.7 Å². The van der Waals surface area contributed by atoms with Gasteiger partial charge in [-0.1, -0.05) is 40.7 Å². The molecule has 196 valence electrons. The van der Waals surface area contributed by atoms with E-state index in [-0.39, 0.29) is 55.2 Å². The van der Waals surface area contributed by atoms with Crippen LogP contribution in [-0.2, 0) is 35.1 Å². The van der Waals surface area contributed by atoms with Crippen LogP contribution in [0.25, 0.3) is 0 Å². The van der Waals surface area contributed by atoms with E-state index >= 15 is 0 Å². The van der Waals surface area contributed by atoms with Gasteiger partial charge in [-0.25, -0.2) is 0 Å². The quantitative estimate of drug-likeness (QED) is 0.304. The minimum atomic E-state index is -1.000. The molecule has 0 saturated heterocycles. The Kier molecular flexibility index (Phi) is 13.0. The first-order valence-corrected chi connectivity index (χ1v) is 12.1. The lowest BCUT2D eigenvalue weighted by atomic mass is 9.98. The molecule has 0 heterocycles. The van der Waals surface area contributed by atoms with Gasteiger partial charge in [0.25, 0.3) is 0 Å². The summed E-state index contributed by atoms with van der Waals surface area (Å²) in [4.78, 5) is 48.4. The molecule has 3 atom stereocenters. The van der Waals surface area contributed by atoms with E-state index in [1.54, 1.807) is 19.9 Å².